The van der Waals surface area contributed by atoms with Gasteiger partial charge in [-0.05, 0) is 17.9 Å². The van der Waals surface area contributed by atoms with Gasteiger partial charge in [-0.15, -0.1) is 11.3 Å². The summed E-state index contributed by atoms with van der Waals surface area (Å²) >= 11 is 1.70. The molecule has 2 N–H and O–H groups in total. The molecule has 0 bridgehead atoms. The SMILES string of the molecule is COCNC(=O)NCCc1cccs1. The van der Waals surface area contributed by atoms with Gasteiger partial charge in [0.05, 0.1) is 0 Å². The standard InChI is InChI=1S/C9H14N2O2S/c1-13-7-11-9(12)10-5-4-8-3-2-6-14-8/h2-3,6H,4-5,7H2,1H3,(H2,10,11,12). The molecule has 0 aliphatic carbocycles. The van der Waals surface area contributed by atoms with E-state index in [1.165, 1.54) is 12.0 Å². The van der Waals surface area contributed by atoms with Crippen LogP contribution in [0.25, 0.3) is 0 Å². The van der Waals surface area contributed by atoms with Crippen LogP contribution < -0.4 is 10.6 Å². The van der Waals surface area contributed by atoms with Gasteiger partial charge in [0.1, 0.15) is 6.73 Å². The second kappa shape index (κ2) is 6.39. The zero-order chi connectivity index (χ0) is 10.2. The highest BCUT2D eigenvalue weighted by Crippen LogP contribution is 2.07. The molecule has 0 saturated heterocycles. The van der Waals surface area contributed by atoms with Gasteiger partial charge in [0.2, 0.25) is 0 Å². The Labute approximate surface area is 87.3 Å². The van der Waals surface area contributed by atoms with Crippen LogP contribution in [0.5, 0.6) is 0 Å². The highest BCUT2D eigenvalue weighted by Gasteiger charge is 1.98. The summed E-state index contributed by atoms with van der Waals surface area (Å²) in [4.78, 5) is 12.3. The molecular formula is C9H14N2O2S. The van der Waals surface area contributed by atoms with Crippen molar-refractivity contribution >= 4 is 17.4 Å². The van der Waals surface area contributed by atoms with Gasteiger partial charge in [-0.2, -0.15) is 0 Å². The molecule has 78 valence electrons. The minimum atomic E-state index is -0.191. The molecule has 1 rings (SSSR count). The zero-order valence-corrected chi connectivity index (χ0v) is 8.89. The minimum absolute atomic E-state index is 0.191. The van der Waals surface area contributed by atoms with Crippen molar-refractivity contribution in [1.82, 2.24) is 10.6 Å². The Hall–Kier alpha value is -1.07. The lowest BCUT2D eigenvalue weighted by Gasteiger charge is -2.05. The molecular weight excluding hydrogens is 200 g/mol. The maximum absolute atomic E-state index is 11.0. The number of amides is 2. The quantitative estimate of drug-likeness (QED) is 0.723. The fourth-order valence-corrected chi connectivity index (χ4v) is 1.66. The molecule has 1 aromatic rings. The molecule has 0 aliphatic rings. The Morgan fingerprint density at radius 3 is 3.07 bits per heavy atom. The summed E-state index contributed by atoms with van der Waals surface area (Å²) < 4.78 is 4.69. The molecule has 4 nitrogen and oxygen atoms in total. The first kappa shape index (κ1) is 11.0. The van der Waals surface area contributed by atoms with Crippen molar-refractivity contribution in [2.75, 3.05) is 20.4 Å². The van der Waals surface area contributed by atoms with E-state index in [2.05, 4.69) is 16.7 Å². The van der Waals surface area contributed by atoms with E-state index in [1.807, 2.05) is 11.4 Å². The van der Waals surface area contributed by atoms with Gasteiger partial charge in [-0.1, -0.05) is 6.07 Å². The first-order valence-electron chi connectivity index (χ1n) is 4.36. The average molecular weight is 214 g/mol. The van der Waals surface area contributed by atoms with Crippen LogP contribution in [0.4, 0.5) is 4.79 Å². The van der Waals surface area contributed by atoms with Gasteiger partial charge >= 0.3 is 6.03 Å². The van der Waals surface area contributed by atoms with Gasteiger partial charge in [0, 0.05) is 18.5 Å². The lowest BCUT2D eigenvalue weighted by molar-refractivity contribution is 0.172. The number of methoxy groups -OCH3 is 1. The summed E-state index contributed by atoms with van der Waals surface area (Å²) in [6.07, 6.45) is 0.873. The van der Waals surface area contributed by atoms with E-state index < -0.39 is 0 Å². The van der Waals surface area contributed by atoms with Crippen molar-refractivity contribution < 1.29 is 9.53 Å². The van der Waals surface area contributed by atoms with Gasteiger partial charge in [0.15, 0.2) is 0 Å². The Balaban J connectivity index is 2.06. The maximum atomic E-state index is 11.0. The Morgan fingerprint density at radius 2 is 2.43 bits per heavy atom. The number of thiophene rings is 1. The van der Waals surface area contributed by atoms with Crippen molar-refractivity contribution in [3.05, 3.63) is 22.4 Å². The van der Waals surface area contributed by atoms with E-state index in [-0.39, 0.29) is 12.8 Å². The zero-order valence-electron chi connectivity index (χ0n) is 8.08. The molecule has 0 radical (unpaired) electrons. The molecule has 14 heavy (non-hydrogen) atoms. The first-order valence-corrected chi connectivity index (χ1v) is 5.24. The summed E-state index contributed by atoms with van der Waals surface area (Å²) in [5.41, 5.74) is 0. The van der Waals surface area contributed by atoms with E-state index in [4.69, 9.17) is 4.74 Å². The Morgan fingerprint density at radius 1 is 1.57 bits per heavy atom. The third kappa shape index (κ3) is 4.25. The molecule has 0 atom stereocenters. The van der Waals surface area contributed by atoms with Crippen molar-refractivity contribution in [3.63, 3.8) is 0 Å². The maximum Gasteiger partial charge on any atom is 0.316 e. The molecule has 0 aliphatic heterocycles. The second-order valence-corrected chi connectivity index (χ2v) is 3.73. The van der Waals surface area contributed by atoms with Gasteiger partial charge < -0.3 is 15.4 Å². The van der Waals surface area contributed by atoms with E-state index in [0.29, 0.717) is 6.54 Å². The van der Waals surface area contributed by atoms with Crippen LogP contribution in [0.2, 0.25) is 0 Å². The molecule has 1 heterocycles. The monoisotopic (exact) mass is 214 g/mol. The minimum Gasteiger partial charge on any atom is -0.364 e. The van der Waals surface area contributed by atoms with Crippen LogP contribution in [-0.4, -0.2) is 26.4 Å². The number of hydrogen-bond donors (Lipinski definition) is 2. The van der Waals surface area contributed by atoms with Gasteiger partial charge in [-0.3, -0.25) is 0 Å². The van der Waals surface area contributed by atoms with E-state index in [1.54, 1.807) is 11.3 Å². The number of nitrogens with one attached hydrogen (secondary N) is 2. The molecule has 5 heteroatoms. The smallest absolute Gasteiger partial charge is 0.316 e. The summed E-state index contributed by atoms with van der Waals surface area (Å²) in [5.74, 6) is 0. The van der Waals surface area contributed by atoms with E-state index in [0.717, 1.165) is 6.42 Å². The van der Waals surface area contributed by atoms with Crippen LogP contribution in [0.15, 0.2) is 17.5 Å². The van der Waals surface area contributed by atoms with E-state index >= 15 is 0 Å². The van der Waals surface area contributed by atoms with Gasteiger partial charge in [0.25, 0.3) is 0 Å². The van der Waals surface area contributed by atoms with Crippen LogP contribution in [0.3, 0.4) is 0 Å². The molecule has 0 spiro atoms. The summed E-state index contributed by atoms with van der Waals surface area (Å²) in [5, 5.41) is 7.30. The van der Waals surface area contributed by atoms with Crippen molar-refractivity contribution in [3.8, 4) is 0 Å². The topological polar surface area (TPSA) is 50.4 Å². The predicted octanol–water partition coefficient (Wildman–Crippen LogP) is 1.19. The number of ether oxygens (including phenoxy) is 1. The number of carbonyl (C=O) groups excluding carboxylic acids is 1. The normalized spacial score (nSPS) is 9.79. The molecule has 0 fully saturated rings. The summed E-state index contributed by atoms with van der Waals surface area (Å²) in [6, 6.07) is 3.87. The largest absolute Gasteiger partial charge is 0.364 e. The second-order valence-electron chi connectivity index (χ2n) is 2.70. The number of rotatable bonds is 5. The van der Waals surface area contributed by atoms with Crippen molar-refractivity contribution in [2.45, 2.75) is 6.42 Å². The summed E-state index contributed by atoms with van der Waals surface area (Å²) in [7, 11) is 1.53. The van der Waals surface area contributed by atoms with Crippen LogP contribution in [0.1, 0.15) is 4.88 Å². The molecule has 0 saturated carbocycles. The predicted molar refractivity (Wildman–Crippen MR) is 56.4 cm³/mol. The molecule has 0 aromatic carbocycles. The number of urea groups is 1. The third-order valence-corrected chi connectivity index (χ3v) is 2.55. The van der Waals surface area contributed by atoms with Crippen LogP contribution in [-0.2, 0) is 11.2 Å². The number of hydrogen-bond acceptors (Lipinski definition) is 3. The highest BCUT2D eigenvalue weighted by atomic mass is 32.1. The number of carbonyl (C=O) groups is 1. The first-order chi connectivity index (χ1) is 6.83. The molecule has 0 unspecified atom stereocenters. The molecule has 1 aromatic heterocycles. The van der Waals surface area contributed by atoms with Crippen LogP contribution in [0, 0.1) is 0 Å². The summed E-state index contributed by atoms with van der Waals surface area (Å²) in [6.45, 7) is 0.890. The lowest BCUT2D eigenvalue weighted by atomic mass is 10.3. The highest BCUT2D eigenvalue weighted by molar-refractivity contribution is 7.09. The fraction of sp³-hybridized carbons (Fsp3) is 0.444. The Bertz CT molecular complexity index is 262. The average Bonchev–Trinajstić information content (AvgIpc) is 2.67. The Kier molecular flexibility index (Phi) is 5.03. The van der Waals surface area contributed by atoms with Gasteiger partial charge in [-0.25, -0.2) is 4.79 Å². The van der Waals surface area contributed by atoms with Crippen LogP contribution >= 0.6 is 11.3 Å². The third-order valence-electron chi connectivity index (χ3n) is 1.61. The lowest BCUT2D eigenvalue weighted by Crippen LogP contribution is -2.37. The van der Waals surface area contributed by atoms with E-state index in [9.17, 15) is 4.79 Å². The van der Waals surface area contributed by atoms with Crippen molar-refractivity contribution in [2.24, 2.45) is 0 Å². The van der Waals surface area contributed by atoms with Crippen molar-refractivity contribution in [1.29, 1.82) is 0 Å². The fourth-order valence-electron chi connectivity index (χ4n) is 0.954. The molecule has 2 amide bonds.